The van der Waals surface area contributed by atoms with Crippen LogP contribution in [-0.2, 0) is 18.0 Å². The van der Waals surface area contributed by atoms with E-state index in [2.05, 4.69) is 56.7 Å². The van der Waals surface area contributed by atoms with Crippen LogP contribution in [0, 0.1) is 6.92 Å². The van der Waals surface area contributed by atoms with Gasteiger partial charge in [0.05, 0.1) is 47.1 Å². The zero-order chi connectivity index (χ0) is 34.4. The number of nitrogens with zero attached hydrogens (tertiary/aromatic N) is 7. The molecule has 0 spiro atoms. The fourth-order valence-corrected chi connectivity index (χ4v) is 6.03. The molecule has 0 bridgehead atoms. The normalized spacial score (nSPS) is 12.6. The SMILES string of the molecule is CC(C)Oc1ccc2nn(COCC[Si](C)(C)C)c(-c3cc(Cl)ncn3)c2c1.Cc1cc(C2=NCc3ccc(OC(C)C)cc32)ncn1. The van der Waals surface area contributed by atoms with E-state index in [9.17, 15) is 0 Å². The lowest BCUT2D eigenvalue weighted by molar-refractivity contribution is 0.0802. The third kappa shape index (κ3) is 9.24. The van der Waals surface area contributed by atoms with E-state index < -0.39 is 8.07 Å². The Bertz CT molecular complexity index is 1900. The van der Waals surface area contributed by atoms with Gasteiger partial charge in [-0.2, -0.15) is 5.10 Å². The lowest BCUT2D eigenvalue weighted by atomic mass is 10.0. The van der Waals surface area contributed by atoms with Crippen LogP contribution >= 0.6 is 11.6 Å². The topological polar surface area (TPSA) is 109 Å². The maximum atomic E-state index is 6.11. The van der Waals surface area contributed by atoms with Crippen LogP contribution in [0.25, 0.3) is 22.3 Å². The monoisotopic (exact) mass is 685 g/mol. The Labute approximate surface area is 288 Å². The Hall–Kier alpha value is -4.19. The van der Waals surface area contributed by atoms with Crippen molar-refractivity contribution < 1.29 is 14.2 Å². The van der Waals surface area contributed by atoms with Crippen LogP contribution in [0.2, 0.25) is 30.8 Å². The summed E-state index contributed by atoms with van der Waals surface area (Å²) in [6.45, 7) is 18.8. The van der Waals surface area contributed by atoms with Gasteiger partial charge in [0, 0.05) is 37.4 Å². The number of ether oxygens (including phenoxy) is 3. The Morgan fingerprint density at radius 3 is 2.21 bits per heavy atom. The lowest BCUT2D eigenvalue weighted by Gasteiger charge is -2.16. The summed E-state index contributed by atoms with van der Waals surface area (Å²) in [4.78, 5) is 21.5. The third-order valence-corrected chi connectivity index (χ3v) is 9.24. The highest BCUT2D eigenvalue weighted by atomic mass is 35.5. The predicted molar refractivity (Wildman–Crippen MR) is 194 cm³/mol. The van der Waals surface area contributed by atoms with E-state index >= 15 is 0 Å². The largest absolute Gasteiger partial charge is 0.491 e. The van der Waals surface area contributed by atoms with Crippen molar-refractivity contribution in [3.05, 3.63) is 88.9 Å². The Morgan fingerprint density at radius 2 is 1.52 bits per heavy atom. The van der Waals surface area contributed by atoms with Crippen LogP contribution in [0.4, 0.5) is 0 Å². The van der Waals surface area contributed by atoms with Crippen molar-refractivity contribution >= 4 is 36.3 Å². The van der Waals surface area contributed by atoms with Gasteiger partial charge in [0.25, 0.3) is 0 Å². The Morgan fingerprint density at radius 1 is 0.833 bits per heavy atom. The fourth-order valence-electron chi connectivity index (χ4n) is 5.12. The molecule has 5 aromatic rings. The molecule has 0 atom stereocenters. The third-order valence-electron chi connectivity index (χ3n) is 7.33. The summed E-state index contributed by atoms with van der Waals surface area (Å²) in [7, 11) is -1.14. The molecular weight excluding hydrogens is 642 g/mol. The van der Waals surface area contributed by atoms with E-state index in [1.807, 2.05) is 69.6 Å². The van der Waals surface area contributed by atoms with Crippen molar-refractivity contribution in [3.63, 3.8) is 0 Å². The first-order chi connectivity index (χ1) is 22.9. The van der Waals surface area contributed by atoms with Gasteiger partial charge in [-0.15, -0.1) is 0 Å². The zero-order valence-electron chi connectivity index (χ0n) is 29.0. The van der Waals surface area contributed by atoms with Gasteiger partial charge >= 0.3 is 0 Å². The van der Waals surface area contributed by atoms with Gasteiger partial charge in [0.2, 0.25) is 0 Å². The van der Waals surface area contributed by atoms with Gasteiger partial charge in [0.1, 0.15) is 36.0 Å². The highest BCUT2D eigenvalue weighted by Gasteiger charge is 2.20. The van der Waals surface area contributed by atoms with Crippen molar-refractivity contribution in [1.29, 1.82) is 0 Å². The minimum atomic E-state index is -1.14. The molecule has 0 radical (unpaired) electrons. The van der Waals surface area contributed by atoms with Gasteiger partial charge in [-0.05, 0) is 82.6 Å². The lowest BCUT2D eigenvalue weighted by Crippen LogP contribution is -2.22. The van der Waals surface area contributed by atoms with Crippen LogP contribution in [0.3, 0.4) is 0 Å². The van der Waals surface area contributed by atoms with E-state index in [-0.39, 0.29) is 12.2 Å². The second kappa shape index (κ2) is 15.4. The van der Waals surface area contributed by atoms with E-state index in [0.29, 0.717) is 24.1 Å². The van der Waals surface area contributed by atoms with Crippen LogP contribution in [0.15, 0.2) is 66.2 Å². The number of aliphatic imine (C=N–C) groups is 1. The van der Waals surface area contributed by atoms with Crippen molar-refractivity contribution in [2.45, 2.75) is 85.8 Å². The van der Waals surface area contributed by atoms with E-state index in [0.717, 1.165) is 63.4 Å². The smallest absolute Gasteiger partial charge is 0.140 e. The van der Waals surface area contributed by atoms with E-state index in [1.165, 1.54) is 11.9 Å². The summed E-state index contributed by atoms with van der Waals surface area (Å²) in [5, 5.41) is 6.05. The summed E-state index contributed by atoms with van der Waals surface area (Å²) in [5.74, 6) is 1.67. The molecule has 4 heterocycles. The summed E-state index contributed by atoms with van der Waals surface area (Å²) in [6, 6.07) is 16.8. The summed E-state index contributed by atoms with van der Waals surface area (Å²) >= 11 is 6.11. The van der Waals surface area contributed by atoms with Crippen molar-refractivity contribution in [3.8, 4) is 22.9 Å². The molecule has 6 rings (SSSR count). The Kier molecular flexibility index (Phi) is 11.2. The molecule has 252 valence electrons. The molecule has 12 heteroatoms. The molecule has 48 heavy (non-hydrogen) atoms. The first-order valence-corrected chi connectivity index (χ1v) is 20.3. The summed E-state index contributed by atoms with van der Waals surface area (Å²) < 4.78 is 19.4. The standard InChI is InChI=1S/C20H27ClN4O2Si.C16H17N3O/c1-14(2)27-15-6-7-17-16(10-15)20(18-11-19(21)23-12-22-18)25(24-17)13-26-8-9-28(3,4)5;1-10(2)20-13-5-4-12-8-17-16(14(12)7-13)15-6-11(3)18-9-19-15/h6-7,10-12,14H,8-9,13H2,1-5H3;4-7,9-10H,8H2,1-3H3. The maximum absolute atomic E-state index is 6.11. The number of benzene rings is 2. The molecule has 1 aliphatic heterocycles. The molecule has 0 N–H and O–H groups in total. The summed E-state index contributed by atoms with van der Waals surface area (Å²) in [5.41, 5.74) is 7.49. The first kappa shape index (κ1) is 35.1. The van der Waals surface area contributed by atoms with Crippen LogP contribution in [0.5, 0.6) is 11.5 Å². The minimum absolute atomic E-state index is 0.0920. The average Bonchev–Trinajstić information content (AvgIpc) is 3.59. The molecule has 0 saturated carbocycles. The van der Waals surface area contributed by atoms with Gasteiger partial charge in [-0.3, -0.25) is 4.99 Å². The molecule has 3 aromatic heterocycles. The number of rotatable bonds is 11. The first-order valence-electron chi connectivity index (χ1n) is 16.2. The zero-order valence-corrected chi connectivity index (χ0v) is 30.7. The number of aryl methyl sites for hydroxylation is 1. The molecule has 0 unspecified atom stereocenters. The number of hydrogen-bond donors (Lipinski definition) is 0. The van der Waals surface area contributed by atoms with Crippen molar-refractivity contribution in [1.82, 2.24) is 29.7 Å². The molecule has 10 nitrogen and oxygen atoms in total. The maximum Gasteiger partial charge on any atom is 0.140 e. The van der Waals surface area contributed by atoms with Gasteiger partial charge in [-0.1, -0.05) is 37.3 Å². The van der Waals surface area contributed by atoms with Gasteiger partial charge < -0.3 is 14.2 Å². The second-order valence-electron chi connectivity index (χ2n) is 13.5. The number of aromatic nitrogens is 6. The molecule has 0 fully saturated rings. The number of fused-ring (bicyclic) bond motifs is 2. The highest BCUT2D eigenvalue weighted by molar-refractivity contribution is 6.76. The Balaban J connectivity index is 0.000000198. The number of hydrogen-bond acceptors (Lipinski definition) is 9. The molecule has 0 saturated heterocycles. The molecule has 2 aromatic carbocycles. The van der Waals surface area contributed by atoms with E-state index in [4.69, 9.17) is 30.9 Å². The minimum Gasteiger partial charge on any atom is -0.491 e. The summed E-state index contributed by atoms with van der Waals surface area (Å²) in [6.07, 6.45) is 3.30. The van der Waals surface area contributed by atoms with Gasteiger partial charge in [-0.25, -0.2) is 24.6 Å². The average molecular weight is 686 g/mol. The second-order valence-corrected chi connectivity index (χ2v) is 19.5. The predicted octanol–water partition coefficient (Wildman–Crippen LogP) is 8.17. The quantitative estimate of drug-likeness (QED) is 0.0778. The molecule has 0 aliphatic carbocycles. The molecule has 1 aliphatic rings. The highest BCUT2D eigenvalue weighted by Crippen LogP contribution is 2.32. The van der Waals surface area contributed by atoms with Crippen molar-refractivity contribution in [2.75, 3.05) is 6.61 Å². The molecule has 0 amide bonds. The van der Waals surface area contributed by atoms with E-state index in [1.54, 1.807) is 12.4 Å². The number of halogens is 1. The van der Waals surface area contributed by atoms with Crippen LogP contribution < -0.4 is 9.47 Å². The van der Waals surface area contributed by atoms with Crippen molar-refractivity contribution in [2.24, 2.45) is 4.99 Å². The van der Waals surface area contributed by atoms with Gasteiger partial charge in [0.15, 0.2) is 0 Å². The molecular formula is C36H44ClN7O3Si. The fraction of sp³-hybridized carbons (Fsp3) is 0.389. The van der Waals surface area contributed by atoms with Crippen LogP contribution in [-0.4, -0.2) is 62.3 Å². The van der Waals surface area contributed by atoms with Crippen LogP contribution in [0.1, 0.15) is 50.2 Å².